The number of benzene rings is 14. The molecule has 95 heavy (non-hydrogen) atoms. The first-order valence-corrected chi connectivity index (χ1v) is 32.0. The van der Waals surface area contributed by atoms with Gasteiger partial charge in [-0.2, -0.15) is 0 Å². The van der Waals surface area contributed by atoms with Gasteiger partial charge >= 0.3 is 7.69 Å². The second-order valence-corrected chi connectivity index (χ2v) is 24.3. The van der Waals surface area contributed by atoms with Gasteiger partial charge in [-0.15, -0.1) is 0 Å². The topological polar surface area (TPSA) is 91.9 Å². The van der Waals surface area contributed by atoms with Crippen LogP contribution in [0.15, 0.2) is 325 Å². The van der Waals surface area contributed by atoms with Crippen LogP contribution in [0.1, 0.15) is 7.43 Å². The molecule has 0 atom stereocenters. The molecule has 20 aromatic rings. The smallest absolute Gasteiger partial charge is 0.537 e. The second-order valence-electron chi connectivity index (χ2n) is 23.4. The molecule has 0 saturated heterocycles. The van der Waals surface area contributed by atoms with E-state index in [4.69, 9.17) is 27.3 Å². The van der Waals surface area contributed by atoms with E-state index in [2.05, 4.69) is 250 Å². The van der Waals surface area contributed by atoms with Crippen LogP contribution in [0.5, 0.6) is 5.75 Å². The predicted molar refractivity (Wildman–Crippen MR) is 396 cm³/mol. The van der Waals surface area contributed by atoms with Crippen molar-refractivity contribution in [2.45, 2.75) is 7.43 Å². The van der Waals surface area contributed by atoms with E-state index in [0.29, 0.717) is 13.4 Å². The third kappa shape index (κ3) is 9.39. The first kappa shape index (κ1) is 57.1. The fourth-order valence-electron chi connectivity index (χ4n) is 14.1. The van der Waals surface area contributed by atoms with E-state index in [9.17, 15) is 0 Å². The Kier molecular flexibility index (Phi) is 14.1. The molecule has 1 radical (unpaired) electrons. The number of para-hydroxylation sites is 12. The maximum absolute atomic E-state index is 8.83. The first-order chi connectivity index (χ1) is 46.5. The van der Waals surface area contributed by atoms with Gasteiger partial charge in [0.2, 0.25) is 0 Å². The van der Waals surface area contributed by atoms with Crippen molar-refractivity contribution in [2.75, 3.05) is 0 Å². The van der Waals surface area contributed by atoms with Gasteiger partial charge in [-0.1, -0.05) is 238 Å². The Hall–Kier alpha value is -11.8. The zero-order valence-electron chi connectivity index (χ0n) is 50.2. The fourth-order valence-corrected chi connectivity index (χ4v) is 14.6. The summed E-state index contributed by atoms with van der Waals surface area (Å²) < 4.78 is 36.4. The fraction of sp³-hybridized carbons (Fsp3) is 0.0118. The van der Waals surface area contributed by atoms with Crippen LogP contribution in [0.3, 0.4) is 0 Å². The van der Waals surface area contributed by atoms with Gasteiger partial charge < -0.3 is 36.5 Å². The van der Waals surface area contributed by atoms with Crippen molar-refractivity contribution in [3.63, 3.8) is 0 Å². The van der Waals surface area contributed by atoms with Gasteiger partial charge in [0.25, 0.3) is 0 Å². The monoisotopic (exact) mass is 1290 g/mol. The molecule has 0 aliphatic rings. The number of furan rings is 4. The van der Waals surface area contributed by atoms with Crippen molar-refractivity contribution in [1.29, 1.82) is 0 Å². The minimum Gasteiger partial charge on any atom is -0.537 e. The summed E-state index contributed by atoms with van der Waals surface area (Å²) in [7, 11) is 0.699. The minimum absolute atomic E-state index is 0. The number of rotatable bonds is 7. The molecule has 10 heteroatoms. The molecule has 451 valence electrons. The van der Waals surface area contributed by atoms with Crippen molar-refractivity contribution in [3.05, 3.63) is 308 Å². The average Bonchev–Trinajstić information content (AvgIpc) is 1.63. The summed E-state index contributed by atoms with van der Waals surface area (Å²) in [5.74, 6) is 0.599. The number of hydrogen-bond acceptors (Lipinski definition) is 6. The summed E-state index contributed by atoms with van der Waals surface area (Å²) in [6.45, 7) is 0. The summed E-state index contributed by atoms with van der Waals surface area (Å²) in [6, 6.07) is 105. The van der Waals surface area contributed by atoms with Crippen LogP contribution in [0.25, 0.3) is 176 Å². The Morgan fingerprint density at radius 1 is 0.284 bits per heavy atom. The quantitative estimate of drug-likeness (QED) is 0.160. The van der Waals surface area contributed by atoms with E-state index in [1.807, 2.05) is 78.9 Å². The SMILES string of the molecule is Brc1cccc2c1oc1c(-c3cccc4c3oc3ccccc34)cccc12.C.O[B]Oc1cccc(-n2c3ccccc3c3ccccc32)c1.c1cc(-c2cccc3c2oc2c(-c4cccc5c4oc4ccccc45)cccc23)cc(-n2c3ccccc3c3ccccc32)c1. The van der Waals surface area contributed by atoms with Crippen molar-refractivity contribution in [2.24, 2.45) is 0 Å². The van der Waals surface area contributed by atoms with E-state index in [1.54, 1.807) is 0 Å². The molecule has 0 unspecified atom stereocenters. The summed E-state index contributed by atoms with van der Waals surface area (Å²) in [5.41, 5.74) is 20.2. The van der Waals surface area contributed by atoms with Crippen molar-refractivity contribution < 1.29 is 27.3 Å². The van der Waals surface area contributed by atoms with Crippen LogP contribution in [0.4, 0.5) is 0 Å². The lowest BCUT2D eigenvalue weighted by Gasteiger charge is -2.10. The predicted octanol–water partition coefficient (Wildman–Crippen LogP) is 24.2. The Bertz CT molecular complexity index is 6270. The molecule has 0 spiro atoms. The Labute approximate surface area is 553 Å². The summed E-state index contributed by atoms with van der Waals surface area (Å²) >= 11 is 3.61. The van der Waals surface area contributed by atoms with E-state index >= 15 is 0 Å². The lowest BCUT2D eigenvalue weighted by atomic mass is 9.99. The Morgan fingerprint density at radius 2 is 0.600 bits per heavy atom. The van der Waals surface area contributed by atoms with Crippen LogP contribution < -0.4 is 4.65 Å². The standard InChI is InChI=1S/C42H25NO2.C24H13BrO2.C18H13BNO2.CH4/c1-4-22-37-29(13-1)30-14-2-5-23-38(30)43(37)27-12-7-11-26(25-27)28-16-8-18-33-35-20-10-21-36(42(35)45-40(28)33)34-19-9-17-32-31-15-3-6-24-39(31)44-41(32)34;25-20-12-5-11-19-18-10-4-9-17(23(18)27-24(19)20)16-8-3-7-15-14-6-1-2-13-21(14)26-22(15)16;21-19-22-14-7-5-6-13(12-14)20-17-10-3-1-8-15(17)16-9-2-4-11-18(16)20;/h1-25H;1-13H;1-12,21H;1H4. The highest BCUT2D eigenvalue weighted by Gasteiger charge is 2.22. The summed E-state index contributed by atoms with van der Waals surface area (Å²) in [6.07, 6.45) is 0. The average molecular weight is 1290 g/mol. The molecule has 0 aliphatic carbocycles. The molecule has 0 amide bonds. The van der Waals surface area contributed by atoms with Crippen LogP contribution >= 0.6 is 15.9 Å². The van der Waals surface area contributed by atoms with Gasteiger partial charge in [0.15, 0.2) is 0 Å². The molecule has 1 N–H and O–H groups in total. The largest absolute Gasteiger partial charge is 0.569 e. The molecule has 0 aliphatic heterocycles. The molecule has 6 aromatic heterocycles. The lowest BCUT2D eigenvalue weighted by molar-refractivity contribution is 0.453. The molecule has 0 bridgehead atoms. The van der Waals surface area contributed by atoms with Crippen molar-refractivity contribution in [1.82, 2.24) is 9.13 Å². The summed E-state index contributed by atoms with van der Waals surface area (Å²) in [5, 5.41) is 22.7. The van der Waals surface area contributed by atoms with Gasteiger partial charge in [-0.3, -0.25) is 0 Å². The zero-order chi connectivity index (χ0) is 62.4. The maximum Gasteiger partial charge on any atom is 0.569 e. The molecule has 0 fully saturated rings. The molecule has 6 heterocycles. The lowest BCUT2D eigenvalue weighted by Crippen LogP contribution is -2.01. The highest BCUT2D eigenvalue weighted by molar-refractivity contribution is 9.10. The van der Waals surface area contributed by atoms with Crippen LogP contribution in [-0.4, -0.2) is 21.8 Å². The molecule has 8 nitrogen and oxygen atoms in total. The number of fused-ring (bicyclic) bond motifs is 18. The van der Waals surface area contributed by atoms with Gasteiger partial charge in [-0.05, 0) is 88.2 Å². The van der Waals surface area contributed by atoms with E-state index < -0.39 is 0 Å². The van der Waals surface area contributed by atoms with Gasteiger partial charge in [-0.25, -0.2) is 0 Å². The highest BCUT2D eigenvalue weighted by atomic mass is 79.9. The van der Waals surface area contributed by atoms with Crippen LogP contribution in [0.2, 0.25) is 0 Å². The number of aromatic nitrogens is 2. The third-order valence-corrected chi connectivity index (χ3v) is 18.9. The number of nitrogens with zero attached hydrogens (tertiary/aromatic N) is 2. The van der Waals surface area contributed by atoms with Crippen LogP contribution in [0, 0.1) is 0 Å². The molecule has 20 rings (SSSR count). The first-order valence-electron chi connectivity index (χ1n) is 31.2. The number of hydrogen-bond donors (Lipinski definition) is 1. The molecule has 0 saturated carbocycles. The van der Waals surface area contributed by atoms with Crippen LogP contribution in [-0.2, 0) is 0 Å². The number of halogens is 1. The summed E-state index contributed by atoms with van der Waals surface area (Å²) in [4.78, 5) is 0. The molecular weight excluding hydrogens is 1240 g/mol. The van der Waals surface area contributed by atoms with Gasteiger partial charge in [0.05, 0.1) is 26.5 Å². The van der Waals surface area contributed by atoms with Gasteiger partial charge in [0.1, 0.15) is 50.4 Å². The van der Waals surface area contributed by atoms with Crippen molar-refractivity contribution in [3.8, 4) is 50.5 Å². The normalized spacial score (nSPS) is 11.6. The molecule has 14 aromatic carbocycles. The second kappa shape index (κ2) is 23.4. The zero-order valence-corrected chi connectivity index (χ0v) is 51.8. The maximum atomic E-state index is 8.83. The van der Waals surface area contributed by atoms with Crippen molar-refractivity contribution >= 4 is 155 Å². The Morgan fingerprint density at radius 3 is 1.05 bits per heavy atom. The highest BCUT2D eigenvalue weighted by Crippen LogP contribution is 2.46. The third-order valence-electron chi connectivity index (χ3n) is 18.2. The van der Waals surface area contributed by atoms with E-state index in [0.717, 1.165) is 148 Å². The Balaban J connectivity index is 0.000000117. The van der Waals surface area contributed by atoms with Gasteiger partial charge in [0, 0.05) is 110 Å². The van der Waals surface area contributed by atoms with E-state index in [1.165, 1.54) is 32.6 Å². The minimum atomic E-state index is 0. The molecular formula is C85H55BBrN2O6. The van der Waals surface area contributed by atoms with E-state index in [-0.39, 0.29) is 7.43 Å².